The highest BCUT2D eigenvalue weighted by Gasteiger charge is 2.19. The Hall–Kier alpha value is -0.100. The van der Waals surface area contributed by atoms with Gasteiger partial charge in [0, 0.05) is 10.7 Å². The lowest BCUT2D eigenvalue weighted by Gasteiger charge is -1.88. The Labute approximate surface area is 75.3 Å². The van der Waals surface area contributed by atoms with Gasteiger partial charge in [0.25, 0.3) is 9.05 Å². The van der Waals surface area contributed by atoms with E-state index in [1.54, 1.807) is 7.05 Å². The third kappa shape index (κ3) is 2.78. The van der Waals surface area contributed by atoms with Gasteiger partial charge in [-0.05, 0) is 0 Å². The van der Waals surface area contributed by atoms with E-state index in [0.717, 1.165) is 0 Å². The first-order chi connectivity index (χ1) is 4.50. The van der Waals surface area contributed by atoms with E-state index in [0.29, 0.717) is 5.01 Å². The Balaban J connectivity index is 0.000001000. The van der Waals surface area contributed by atoms with E-state index in [4.69, 9.17) is 10.7 Å². The highest BCUT2D eigenvalue weighted by molar-refractivity contribution is 8.17. The molecule has 1 unspecified atom stereocenters. The lowest BCUT2D eigenvalue weighted by atomic mass is 10.7. The SMILES string of the molecule is C[NH+]1C=C(S(=O)(=O)Cl)C=N1.[Cl-]. The van der Waals surface area contributed by atoms with Gasteiger partial charge in [0.2, 0.25) is 0 Å². The zero-order chi connectivity index (χ0) is 7.78. The number of rotatable bonds is 1. The van der Waals surface area contributed by atoms with Crippen LogP contribution in [0.5, 0.6) is 0 Å². The number of nitrogens with one attached hydrogen (secondary N) is 1. The van der Waals surface area contributed by atoms with Crippen LogP contribution in [-0.2, 0) is 9.05 Å². The Morgan fingerprint density at radius 1 is 1.64 bits per heavy atom. The van der Waals surface area contributed by atoms with Crippen molar-refractivity contribution in [3.05, 3.63) is 11.1 Å². The molecule has 1 rings (SSSR count). The van der Waals surface area contributed by atoms with E-state index in [9.17, 15) is 8.42 Å². The molecule has 0 aromatic carbocycles. The molecule has 1 atom stereocenters. The number of allylic oxidation sites excluding steroid dienone is 1. The molecule has 4 nitrogen and oxygen atoms in total. The lowest BCUT2D eigenvalue weighted by Crippen LogP contribution is -3.00. The van der Waals surface area contributed by atoms with Crippen molar-refractivity contribution in [2.45, 2.75) is 0 Å². The molecule has 0 fully saturated rings. The maximum atomic E-state index is 10.6. The van der Waals surface area contributed by atoms with Crippen molar-refractivity contribution in [3.8, 4) is 0 Å². The van der Waals surface area contributed by atoms with Crippen LogP contribution in [0.15, 0.2) is 16.2 Å². The highest BCUT2D eigenvalue weighted by atomic mass is 35.7. The summed E-state index contributed by atoms with van der Waals surface area (Å²) in [5, 5.41) is 4.37. The van der Waals surface area contributed by atoms with E-state index in [2.05, 4.69) is 5.10 Å². The second kappa shape index (κ2) is 3.53. The Morgan fingerprint density at radius 3 is 2.36 bits per heavy atom. The first-order valence-corrected chi connectivity index (χ1v) is 4.85. The predicted octanol–water partition coefficient (Wildman–Crippen LogP) is -4.09. The molecule has 0 aliphatic carbocycles. The van der Waals surface area contributed by atoms with Crippen LogP contribution in [0, 0.1) is 0 Å². The molecular weight excluding hydrogens is 211 g/mol. The standard InChI is InChI=1S/C4H5ClN2O2S.ClH/c1-7-3-4(2-6-7)10(5,8)9;/h2-3H,1H3;1H. The number of hydrogen-bond donors (Lipinski definition) is 1. The zero-order valence-corrected chi connectivity index (χ0v) is 7.91. The van der Waals surface area contributed by atoms with Gasteiger partial charge in [-0.1, -0.05) is 5.10 Å². The summed E-state index contributed by atoms with van der Waals surface area (Å²) in [5.41, 5.74) is 0. The molecule has 0 amide bonds. The van der Waals surface area contributed by atoms with E-state index in [1.807, 2.05) is 0 Å². The highest BCUT2D eigenvalue weighted by Crippen LogP contribution is 2.08. The molecule has 1 aliphatic heterocycles. The largest absolute Gasteiger partial charge is 1.00 e. The summed E-state index contributed by atoms with van der Waals surface area (Å²) in [6, 6.07) is 0. The van der Waals surface area contributed by atoms with Crippen LogP contribution < -0.4 is 17.4 Å². The average molecular weight is 217 g/mol. The Morgan fingerprint density at radius 2 is 2.18 bits per heavy atom. The van der Waals surface area contributed by atoms with Gasteiger partial charge in [-0.25, -0.2) is 8.42 Å². The third-order valence-corrected chi connectivity index (χ3v) is 2.35. The summed E-state index contributed by atoms with van der Waals surface area (Å²) in [5.74, 6) is 0. The molecular formula is C4H6Cl2N2O2S. The fourth-order valence-corrected chi connectivity index (χ4v) is 1.32. The van der Waals surface area contributed by atoms with Crippen molar-refractivity contribution < 1.29 is 25.8 Å². The van der Waals surface area contributed by atoms with Crippen molar-refractivity contribution in [2.24, 2.45) is 5.10 Å². The molecule has 0 saturated heterocycles. The van der Waals surface area contributed by atoms with E-state index in [1.165, 1.54) is 12.4 Å². The van der Waals surface area contributed by atoms with Crippen molar-refractivity contribution >= 4 is 25.9 Å². The predicted molar refractivity (Wildman–Crippen MR) is 38.2 cm³/mol. The fourth-order valence-electron chi connectivity index (χ4n) is 0.579. The topological polar surface area (TPSA) is 50.9 Å². The van der Waals surface area contributed by atoms with Gasteiger partial charge >= 0.3 is 0 Å². The zero-order valence-electron chi connectivity index (χ0n) is 5.58. The van der Waals surface area contributed by atoms with Crippen molar-refractivity contribution in [1.82, 2.24) is 0 Å². The Kier molecular flexibility index (Phi) is 3.50. The van der Waals surface area contributed by atoms with Gasteiger partial charge in [-0.2, -0.15) is 5.01 Å². The summed E-state index contributed by atoms with van der Waals surface area (Å²) in [6.07, 6.45) is 2.65. The molecule has 1 heterocycles. The molecule has 11 heavy (non-hydrogen) atoms. The van der Waals surface area contributed by atoms with Gasteiger partial charge in [-0.3, -0.25) is 0 Å². The third-order valence-electron chi connectivity index (χ3n) is 1.03. The van der Waals surface area contributed by atoms with Crippen molar-refractivity contribution in [1.29, 1.82) is 0 Å². The lowest BCUT2D eigenvalue weighted by molar-refractivity contribution is -0.828. The van der Waals surface area contributed by atoms with Gasteiger partial charge in [0.05, 0.1) is 7.05 Å². The van der Waals surface area contributed by atoms with Crippen LogP contribution in [0.25, 0.3) is 0 Å². The molecule has 0 radical (unpaired) electrons. The normalized spacial score (nSPS) is 22.7. The van der Waals surface area contributed by atoms with Crippen LogP contribution in [0.4, 0.5) is 0 Å². The van der Waals surface area contributed by atoms with Crippen molar-refractivity contribution in [2.75, 3.05) is 7.05 Å². The molecule has 0 saturated carbocycles. The first-order valence-electron chi connectivity index (χ1n) is 2.54. The smallest absolute Gasteiger partial charge is 0.268 e. The summed E-state index contributed by atoms with van der Waals surface area (Å²) in [4.78, 5) is 0.0617. The molecule has 0 aromatic heterocycles. The summed E-state index contributed by atoms with van der Waals surface area (Å²) < 4.78 is 21.1. The molecule has 0 spiro atoms. The molecule has 7 heteroatoms. The van der Waals surface area contributed by atoms with Gasteiger partial charge in [0.1, 0.15) is 12.4 Å². The monoisotopic (exact) mass is 216 g/mol. The number of hydrogen-bond acceptors (Lipinski definition) is 3. The maximum Gasteiger partial charge on any atom is 0.268 e. The quantitative estimate of drug-likeness (QED) is 0.454. The van der Waals surface area contributed by atoms with Gasteiger partial charge < -0.3 is 12.4 Å². The second-order valence-corrected chi connectivity index (χ2v) is 4.45. The van der Waals surface area contributed by atoms with E-state index >= 15 is 0 Å². The van der Waals surface area contributed by atoms with E-state index < -0.39 is 9.05 Å². The summed E-state index contributed by atoms with van der Waals surface area (Å²) in [6.45, 7) is 0. The molecule has 0 bridgehead atoms. The van der Waals surface area contributed by atoms with E-state index in [-0.39, 0.29) is 17.3 Å². The second-order valence-electron chi connectivity index (χ2n) is 1.88. The van der Waals surface area contributed by atoms with Gasteiger partial charge in [0.15, 0.2) is 4.91 Å². The van der Waals surface area contributed by atoms with Crippen molar-refractivity contribution in [3.63, 3.8) is 0 Å². The average Bonchev–Trinajstić information content (AvgIpc) is 2.11. The number of quaternary nitrogens is 1. The minimum absolute atomic E-state index is 0. The van der Waals surface area contributed by atoms with Crippen LogP contribution in [0.2, 0.25) is 0 Å². The maximum absolute atomic E-state index is 10.6. The van der Waals surface area contributed by atoms with Gasteiger partial charge in [-0.15, -0.1) is 0 Å². The molecule has 0 aromatic rings. The van der Waals surface area contributed by atoms with Crippen LogP contribution in [0.1, 0.15) is 0 Å². The summed E-state index contributed by atoms with van der Waals surface area (Å²) in [7, 11) is 3.13. The fraction of sp³-hybridized carbons (Fsp3) is 0.250. The molecule has 1 N–H and O–H groups in total. The molecule has 1 aliphatic rings. The minimum Gasteiger partial charge on any atom is -1.00 e. The Bertz CT molecular complexity index is 295. The first kappa shape index (κ1) is 10.9. The number of halogens is 2. The minimum atomic E-state index is -3.57. The number of nitrogens with zero attached hydrogens (tertiary/aromatic N) is 1. The summed E-state index contributed by atoms with van der Waals surface area (Å²) >= 11 is 0. The van der Waals surface area contributed by atoms with Crippen LogP contribution in [-0.4, -0.2) is 21.7 Å². The van der Waals surface area contributed by atoms with Crippen LogP contribution >= 0.6 is 10.7 Å². The van der Waals surface area contributed by atoms with Crippen LogP contribution in [0.3, 0.4) is 0 Å². The molecule has 64 valence electrons.